The van der Waals surface area contributed by atoms with Gasteiger partial charge in [0.25, 0.3) is 0 Å². The number of hydrogen-bond acceptors (Lipinski definition) is 4. The lowest BCUT2D eigenvalue weighted by molar-refractivity contribution is -0.116. The summed E-state index contributed by atoms with van der Waals surface area (Å²) in [4.78, 5) is 12.4. The highest BCUT2D eigenvalue weighted by Gasteiger charge is 2.23. The average Bonchev–Trinajstić information content (AvgIpc) is 2.61. The average molecular weight is 371 g/mol. The molecule has 0 aromatic heterocycles. The molecule has 2 rings (SSSR count). The van der Waals surface area contributed by atoms with Crippen molar-refractivity contribution in [3.8, 4) is 6.07 Å². The van der Waals surface area contributed by atoms with Crippen molar-refractivity contribution >= 4 is 21.6 Å². The predicted molar refractivity (Wildman–Crippen MR) is 100 cm³/mol. The normalized spacial score (nSPS) is 11.4. The van der Waals surface area contributed by atoms with Gasteiger partial charge < -0.3 is 5.32 Å². The van der Waals surface area contributed by atoms with Gasteiger partial charge in [-0.3, -0.25) is 4.79 Å². The molecule has 0 atom stereocenters. The van der Waals surface area contributed by atoms with E-state index in [-0.39, 0.29) is 17.4 Å². The van der Waals surface area contributed by atoms with Gasteiger partial charge in [0.2, 0.25) is 15.9 Å². The van der Waals surface area contributed by atoms with Crippen molar-refractivity contribution in [3.05, 3.63) is 59.7 Å². The Labute approximate surface area is 154 Å². The van der Waals surface area contributed by atoms with Crippen LogP contribution in [0.25, 0.3) is 0 Å². The number of hydrogen-bond donors (Lipinski definition) is 1. The van der Waals surface area contributed by atoms with Crippen molar-refractivity contribution in [3.63, 3.8) is 0 Å². The van der Waals surface area contributed by atoms with Crippen molar-refractivity contribution in [1.82, 2.24) is 4.31 Å². The maximum atomic E-state index is 12.6. The lowest BCUT2D eigenvalue weighted by Crippen LogP contribution is -2.35. The number of carbonyl (C=O) groups excluding carboxylic acids is 1. The zero-order valence-corrected chi connectivity index (χ0v) is 15.7. The molecule has 0 aliphatic carbocycles. The van der Waals surface area contributed by atoms with Gasteiger partial charge in [0.05, 0.1) is 23.1 Å². The second-order valence-electron chi connectivity index (χ2n) is 6.19. The monoisotopic (exact) mass is 371 g/mol. The van der Waals surface area contributed by atoms with E-state index < -0.39 is 15.9 Å². The summed E-state index contributed by atoms with van der Waals surface area (Å²) < 4.78 is 26.1. The predicted octanol–water partition coefficient (Wildman–Crippen LogP) is 2.94. The van der Waals surface area contributed by atoms with Crippen LogP contribution in [0.1, 0.15) is 30.9 Å². The third kappa shape index (κ3) is 4.48. The Morgan fingerprint density at radius 2 is 1.77 bits per heavy atom. The van der Waals surface area contributed by atoms with Crippen molar-refractivity contribution < 1.29 is 13.2 Å². The van der Waals surface area contributed by atoms with Crippen LogP contribution in [0.3, 0.4) is 0 Å². The molecule has 0 aliphatic heterocycles. The van der Waals surface area contributed by atoms with Crippen LogP contribution in [0.15, 0.2) is 53.4 Å². The molecule has 1 N–H and O–H groups in total. The fourth-order valence-corrected chi connectivity index (χ4v) is 3.60. The fourth-order valence-electron chi connectivity index (χ4n) is 2.47. The molecule has 0 fully saturated rings. The molecular weight excluding hydrogens is 350 g/mol. The summed E-state index contributed by atoms with van der Waals surface area (Å²) in [7, 11) is -2.47. The Morgan fingerprint density at radius 3 is 2.35 bits per heavy atom. The Kier molecular flexibility index (Phi) is 6.14. The quantitative estimate of drug-likeness (QED) is 0.845. The second-order valence-corrected chi connectivity index (χ2v) is 8.23. The topological polar surface area (TPSA) is 90.3 Å². The first-order valence-corrected chi connectivity index (χ1v) is 9.55. The van der Waals surface area contributed by atoms with Gasteiger partial charge in [-0.15, -0.1) is 0 Å². The smallest absolute Gasteiger partial charge is 0.243 e. The molecule has 2 aromatic rings. The molecule has 6 nitrogen and oxygen atoms in total. The molecule has 0 saturated heterocycles. The van der Waals surface area contributed by atoms with Gasteiger partial charge in [-0.05, 0) is 41.8 Å². The number of likely N-dealkylation sites (N-methyl/N-ethyl adjacent to an activating group) is 1. The van der Waals surface area contributed by atoms with E-state index in [1.165, 1.54) is 31.3 Å². The van der Waals surface area contributed by atoms with E-state index in [0.717, 1.165) is 9.87 Å². The van der Waals surface area contributed by atoms with Crippen LogP contribution < -0.4 is 5.32 Å². The summed E-state index contributed by atoms with van der Waals surface area (Å²) in [6.45, 7) is 3.73. The van der Waals surface area contributed by atoms with Gasteiger partial charge in [0.1, 0.15) is 0 Å². The molecule has 0 unspecified atom stereocenters. The molecule has 0 heterocycles. The van der Waals surface area contributed by atoms with E-state index in [2.05, 4.69) is 5.32 Å². The van der Waals surface area contributed by atoms with E-state index >= 15 is 0 Å². The highest BCUT2D eigenvalue weighted by atomic mass is 32.2. The van der Waals surface area contributed by atoms with E-state index in [1.54, 1.807) is 6.07 Å². The van der Waals surface area contributed by atoms with Gasteiger partial charge in [-0.1, -0.05) is 32.0 Å². The van der Waals surface area contributed by atoms with E-state index in [4.69, 9.17) is 5.26 Å². The minimum atomic E-state index is -3.81. The number of benzene rings is 2. The minimum Gasteiger partial charge on any atom is -0.325 e. The van der Waals surface area contributed by atoms with Gasteiger partial charge in [-0.2, -0.15) is 9.57 Å². The first-order valence-electron chi connectivity index (χ1n) is 8.11. The highest BCUT2D eigenvalue weighted by Crippen LogP contribution is 2.23. The highest BCUT2D eigenvalue weighted by molar-refractivity contribution is 7.89. The third-order valence-electron chi connectivity index (χ3n) is 3.91. The lowest BCUT2D eigenvalue weighted by atomic mass is 10.0. The number of anilines is 1. The summed E-state index contributed by atoms with van der Waals surface area (Å²) in [5, 5.41) is 11.6. The molecule has 0 radical (unpaired) electrons. The number of nitrogens with zero attached hydrogens (tertiary/aromatic N) is 2. The molecule has 2 aromatic carbocycles. The van der Waals surface area contributed by atoms with Gasteiger partial charge >= 0.3 is 0 Å². The van der Waals surface area contributed by atoms with Crippen LogP contribution in [0.5, 0.6) is 0 Å². The summed E-state index contributed by atoms with van der Waals surface area (Å²) in [6, 6.07) is 14.9. The zero-order chi connectivity index (χ0) is 19.3. The summed E-state index contributed by atoms with van der Waals surface area (Å²) in [5.41, 5.74) is 2.03. The molecule has 1 amide bonds. The summed E-state index contributed by atoms with van der Waals surface area (Å²) >= 11 is 0. The van der Waals surface area contributed by atoms with E-state index in [1.807, 2.05) is 38.1 Å². The van der Waals surface area contributed by atoms with Crippen molar-refractivity contribution in [2.24, 2.45) is 0 Å². The van der Waals surface area contributed by atoms with E-state index in [9.17, 15) is 13.2 Å². The Bertz CT molecular complexity index is 929. The van der Waals surface area contributed by atoms with Crippen molar-refractivity contribution in [2.75, 3.05) is 18.9 Å². The molecule has 136 valence electrons. The Morgan fingerprint density at radius 1 is 1.15 bits per heavy atom. The third-order valence-corrected chi connectivity index (χ3v) is 5.73. The second kappa shape index (κ2) is 8.13. The number of carbonyl (C=O) groups is 1. The number of nitrogens with one attached hydrogen (secondary N) is 1. The number of rotatable bonds is 6. The van der Waals surface area contributed by atoms with Crippen LogP contribution in [0, 0.1) is 11.3 Å². The van der Waals surface area contributed by atoms with Gasteiger partial charge in [-0.25, -0.2) is 8.42 Å². The Hall–Kier alpha value is -2.69. The first-order chi connectivity index (χ1) is 12.3. The number of nitriles is 1. The van der Waals surface area contributed by atoms with Crippen molar-refractivity contribution in [2.45, 2.75) is 24.7 Å². The molecular formula is C19H21N3O3S. The number of amides is 1. The number of sulfonamides is 1. The van der Waals surface area contributed by atoms with Crippen LogP contribution in [-0.4, -0.2) is 32.2 Å². The van der Waals surface area contributed by atoms with E-state index in [0.29, 0.717) is 11.3 Å². The van der Waals surface area contributed by atoms with Crippen LogP contribution in [-0.2, 0) is 14.8 Å². The molecule has 0 spiro atoms. The lowest BCUT2D eigenvalue weighted by Gasteiger charge is -2.18. The Balaban J connectivity index is 2.12. The van der Waals surface area contributed by atoms with Crippen LogP contribution >= 0.6 is 0 Å². The first kappa shape index (κ1) is 19.6. The summed E-state index contributed by atoms with van der Waals surface area (Å²) in [5.74, 6) is -0.190. The van der Waals surface area contributed by atoms with Crippen LogP contribution in [0.2, 0.25) is 0 Å². The molecule has 7 heteroatoms. The SMILES string of the molecule is CC(C)c1ccccc1NC(=O)CN(C)S(=O)(=O)c1ccc(C#N)cc1. The maximum absolute atomic E-state index is 12.6. The molecule has 0 bridgehead atoms. The number of para-hydroxylation sites is 1. The van der Waals surface area contributed by atoms with Gasteiger partial charge in [0, 0.05) is 12.7 Å². The molecule has 26 heavy (non-hydrogen) atoms. The van der Waals surface area contributed by atoms with Crippen molar-refractivity contribution in [1.29, 1.82) is 5.26 Å². The van der Waals surface area contributed by atoms with Gasteiger partial charge in [0.15, 0.2) is 0 Å². The largest absolute Gasteiger partial charge is 0.325 e. The standard InChI is InChI=1S/C19H21N3O3S/c1-14(2)17-6-4-5-7-18(17)21-19(23)13-22(3)26(24,25)16-10-8-15(12-20)9-11-16/h4-11,14H,13H2,1-3H3,(H,21,23). The van der Waals surface area contributed by atoms with Crippen LogP contribution in [0.4, 0.5) is 5.69 Å². The molecule has 0 aliphatic rings. The fraction of sp³-hybridized carbons (Fsp3) is 0.263. The maximum Gasteiger partial charge on any atom is 0.243 e. The molecule has 0 saturated carbocycles. The minimum absolute atomic E-state index is 0.0365. The zero-order valence-electron chi connectivity index (χ0n) is 14.9. The summed E-state index contributed by atoms with van der Waals surface area (Å²) in [6.07, 6.45) is 0.